The van der Waals surface area contributed by atoms with Crippen molar-refractivity contribution in [2.24, 2.45) is 5.41 Å². The Balaban J connectivity index is 4.67. The van der Waals surface area contributed by atoms with E-state index in [1.54, 1.807) is 0 Å². The van der Waals surface area contributed by atoms with Crippen LogP contribution in [0.3, 0.4) is 0 Å². The van der Waals surface area contributed by atoms with Gasteiger partial charge in [-0.05, 0) is 17.9 Å². The van der Waals surface area contributed by atoms with Crippen LogP contribution >= 0.6 is 0 Å². The maximum Gasteiger partial charge on any atom is 0.133 e. The van der Waals surface area contributed by atoms with E-state index in [-0.39, 0.29) is 5.41 Å². The minimum atomic E-state index is 0.210. The monoisotopic (exact) mass is 150 g/mol. The second-order valence-electron chi connectivity index (χ2n) is 4.35. The van der Waals surface area contributed by atoms with Gasteiger partial charge in [0.05, 0.1) is 0 Å². The summed E-state index contributed by atoms with van der Waals surface area (Å²) in [5.74, 6) is 0. The van der Waals surface area contributed by atoms with Gasteiger partial charge in [0, 0.05) is 0 Å². The van der Waals surface area contributed by atoms with E-state index >= 15 is 0 Å². The third-order valence-corrected chi connectivity index (χ3v) is 2.11. The van der Waals surface area contributed by atoms with Crippen molar-refractivity contribution in [1.82, 2.24) is 0 Å². The topological polar surface area (TPSA) is 0 Å². The minimum absolute atomic E-state index is 0.210. The van der Waals surface area contributed by atoms with Crippen LogP contribution in [0.2, 0.25) is 0 Å². The lowest BCUT2D eigenvalue weighted by atomic mass is 9.79. The van der Waals surface area contributed by atoms with E-state index in [4.69, 9.17) is 0 Å². The zero-order chi connectivity index (χ0) is 9.23. The maximum atomic E-state index is 4.09. The van der Waals surface area contributed by atoms with Crippen LogP contribution in [0.4, 0.5) is 0 Å². The van der Waals surface area contributed by atoms with E-state index in [0.29, 0.717) is 0 Å². The molecule has 0 aromatic heterocycles. The van der Waals surface area contributed by atoms with E-state index in [1.807, 2.05) is 0 Å². The summed E-state index contributed by atoms with van der Waals surface area (Å²) in [5.41, 5.74) is 4.17. The lowest BCUT2D eigenvalue weighted by molar-refractivity contribution is 0.512. The second-order valence-corrected chi connectivity index (χ2v) is 4.35. The van der Waals surface area contributed by atoms with Crippen molar-refractivity contribution < 1.29 is 0 Å². The molecule has 0 aliphatic carbocycles. The molecule has 0 spiro atoms. The van der Waals surface area contributed by atoms with Crippen LogP contribution in [0.1, 0.15) is 34.6 Å². The molecule has 0 aliphatic heterocycles. The summed E-state index contributed by atoms with van der Waals surface area (Å²) in [6.45, 7) is 15.0. The SMILES string of the molecule is B/C(C)=C(\C)C(=C)C(C)(C)C. The summed E-state index contributed by atoms with van der Waals surface area (Å²) < 4.78 is 0. The van der Waals surface area contributed by atoms with Crippen LogP contribution in [0, 0.1) is 5.41 Å². The molecule has 0 bridgehead atoms. The molecule has 0 unspecified atom stereocenters. The summed E-state index contributed by atoms with van der Waals surface area (Å²) in [7, 11) is 2.13. The number of allylic oxidation sites excluding steroid dienone is 3. The predicted molar refractivity (Wildman–Crippen MR) is 55.5 cm³/mol. The highest BCUT2D eigenvalue weighted by Gasteiger charge is 2.15. The highest BCUT2D eigenvalue weighted by atomic mass is 14.2. The quantitative estimate of drug-likeness (QED) is 0.398. The van der Waals surface area contributed by atoms with Gasteiger partial charge in [0.15, 0.2) is 0 Å². The van der Waals surface area contributed by atoms with Gasteiger partial charge in [-0.15, -0.1) is 5.47 Å². The van der Waals surface area contributed by atoms with Crippen molar-refractivity contribution in [2.45, 2.75) is 34.6 Å². The smallest absolute Gasteiger partial charge is 0.110 e. The molecule has 62 valence electrons. The first-order valence-electron chi connectivity index (χ1n) is 4.10. The fourth-order valence-corrected chi connectivity index (χ4v) is 0.864. The first kappa shape index (κ1) is 10.5. The molecule has 0 saturated carbocycles. The Bertz CT molecular complexity index is 187. The van der Waals surface area contributed by atoms with E-state index in [2.05, 4.69) is 49.0 Å². The van der Waals surface area contributed by atoms with Gasteiger partial charge in [-0.2, -0.15) is 0 Å². The molecule has 0 aromatic rings. The first-order valence-corrected chi connectivity index (χ1v) is 4.10. The molecular weight excluding hydrogens is 131 g/mol. The number of hydrogen-bond acceptors (Lipinski definition) is 0. The lowest BCUT2D eigenvalue weighted by Gasteiger charge is -2.23. The first-order chi connectivity index (χ1) is 4.76. The Labute approximate surface area is 71.8 Å². The van der Waals surface area contributed by atoms with Gasteiger partial charge >= 0.3 is 0 Å². The van der Waals surface area contributed by atoms with Crippen molar-refractivity contribution in [3.8, 4) is 0 Å². The Morgan fingerprint density at radius 3 is 1.64 bits per heavy atom. The molecule has 0 N–H and O–H groups in total. The summed E-state index contributed by atoms with van der Waals surface area (Å²) in [6.07, 6.45) is 0. The molecule has 0 rings (SSSR count). The highest BCUT2D eigenvalue weighted by molar-refractivity contribution is 6.21. The van der Waals surface area contributed by atoms with Gasteiger partial charge < -0.3 is 0 Å². The molecule has 0 fully saturated rings. The molecule has 0 aromatic carbocycles. The molecule has 0 aliphatic rings. The fraction of sp³-hybridized carbons (Fsp3) is 0.600. The van der Waals surface area contributed by atoms with Crippen LogP contribution < -0.4 is 0 Å². The van der Waals surface area contributed by atoms with Crippen LogP contribution in [-0.2, 0) is 0 Å². The molecule has 0 saturated heterocycles. The third kappa shape index (κ3) is 2.96. The van der Waals surface area contributed by atoms with Gasteiger partial charge in [0.2, 0.25) is 0 Å². The number of rotatable bonds is 1. The largest absolute Gasteiger partial charge is 0.133 e. The van der Waals surface area contributed by atoms with E-state index < -0.39 is 0 Å². The van der Waals surface area contributed by atoms with Gasteiger partial charge in [-0.25, -0.2) is 0 Å². The molecule has 0 atom stereocenters. The Morgan fingerprint density at radius 1 is 1.18 bits per heavy atom. The predicted octanol–water partition coefficient (Wildman–Crippen LogP) is 2.52. The third-order valence-electron chi connectivity index (χ3n) is 2.11. The highest BCUT2D eigenvalue weighted by Crippen LogP contribution is 2.30. The Kier molecular flexibility index (Phi) is 3.16. The van der Waals surface area contributed by atoms with Gasteiger partial charge in [0.1, 0.15) is 7.85 Å². The van der Waals surface area contributed by atoms with Crippen LogP contribution in [0.15, 0.2) is 23.2 Å². The minimum Gasteiger partial charge on any atom is -0.110 e. The maximum absolute atomic E-state index is 4.09. The molecule has 1 heteroatoms. The molecular formula is C10H19B. The Hall–Kier alpha value is -0.455. The lowest BCUT2D eigenvalue weighted by Crippen LogP contribution is -2.10. The molecule has 0 radical (unpaired) electrons. The zero-order valence-electron chi connectivity index (χ0n) is 8.71. The zero-order valence-corrected chi connectivity index (χ0v) is 8.71. The van der Waals surface area contributed by atoms with Gasteiger partial charge in [-0.3, -0.25) is 0 Å². The van der Waals surface area contributed by atoms with Crippen molar-refractivity contribution >= 4 is 7.85 Å². The van der Waals surface area contributed by atoms with E-state index in [0.717, 1.165) is 0 Å². The van der Waals surface area contributed by atoms with Gasteiger partial charge in [-0.1, -0.05) is 39.8 Å². The number of hydrogen-bond donors (Lipinski definition) is 0. The Morgan fingerprint density at radius 2 is 1.55 bits per heavy atom. The standard InChI is InChI=1S/C10H19B/c1-7(9(3)11)8(2)10(4,5)6/h2,11H2,1,3-6H3/b9-7+. The molecule has 0 amide bonds. The molecule has 0 heterocycles. The van der Waals surface area contributed by atoms with E-state index in [1.165, 1.54) is 16.6 Å². The van der Waals surface area contributed by atoms with Crippen molar-refractivity contribution in [1.29, 1.82) is 0 Å². The molecule has 11 heavy (non-hydrogen) atoms. The van der Waals surface area contributed by atoms with Crippen molar-refractivity contribution in [3.63, 3.8) is 0 Å². The molecule has 0 nitrogen and oxygen atoms in total. The average molecular weight is 150 g/mol. The fourth-order valence-electron chi connectivity index (χ4n) is 0.864. The van der Waals surface area contributed by atoms with Crippen LogP contribution in [0.5, 0.6) is 0 Å². The average Bonchev–Trinajstić information content (AvgIpc) is 1.82. The summed E-state index contributed by atoms with van der Waals surface area (Å²) >= 11 is 0. The van der Waals surface area contributed by atoms with Crippen molar-refractivity contribution in [2.75, 3.05) is 0 Å². The normalized spacial score (nSPS) is 14.3. The van der Waals surface area contributed by atoms with Gasteiger partial charge in [0.25, 0.3) is 0 Å². The second kappa shape index (κ2) is 3.29. The summed E-state index contributed by atoms with van der Waals surface area (Å²) in [4.78, 5) is 0. The van der Waals surface area contributed by atoms with Crippen molar-refractivity contribution in [3.05, 3.63) is 23.2 Å². The summed E-state index contributed by atoms with van der Waals surface area (Å²) in [6, 6.07) is 0. The summed E-state index contributed by atoms with van der Waals surface area (Å²) in [5, 5.41) is 0. The van der Waals surface area contributed by atoms with Crippen LogP contribution in [0.25, 0.3) is 0 Å². The van der Waals surface area contributed by atoms with Crippen LogP contribution in [-0.4, -0.2) is 7.85 Å². The van der Waals surface area contributed by atoms with E-state index in [9.17, 15) is 0 Å².